The molecular weight excluding hydrogens is 959 g/mol. The van der Waals surface area contributed by atoms with Gasteiger partial charge < -0.3 is 15.3 Å². The molecule has 0 unspecified atom stereocenters. The van der Waals surface area contributed by atoms with Gasteiger partial charge in [-0.3, -0.25) is 4.79 Å². The standard InChI is InChI=1S/C70H81N5OS/c1-65(2,3)45-31-42(32-46(37-45)66(4,5)6)62-54-25-23-52(72-54)61(41-19-21-51(22-20-41)71-60(76)40-77)53-24-26-55(73-53)63(43-33-47(67(7,8)9)38-48(34-43)68(10,11)12)57-28-30-59(75-57)64(58-29-27-56(62)74-58)44-35-49(69(13,14)15)39-50(36-44)70(16,17)18/h19-39,72,75,77H,40H2,1-18H3,(H,71,76). The van der Waals surface area contributed by atoms with Crippen LogP contribution in [0.3, 0.4) is 0 Å². The monoisotopic (exact) mass is 1040 g/mol. The molecule has 4 aromatic carbocycles. The Labute approximate surface area is 464 Å². The summed E-state index contributed by atoms with van der Waals surface area (Å²) in [5, 5.41) is 2.98. The number of nitrogens with zero attached hydrogens (tertiary/aromatic N) is 2. The van der Waals surface area contributed by atoms with Gasteiger partial charge in [0.2, 0.25) is 5.91 Å². The van der Waals surface area contributed by atoms with E-state index in [2.05, 4.69) is 268 Å². The van der Waals surface area contributed by atoms with Gasteiger partial charge in [0, 0.05) is 50.0 Å². The molecule has 0 saturated heterocycles. The summed E-state index contributed by atoms with van der Waals surface area (Å²) in [4.78, 5) is 32.0. The lowest BCUT2D eigenvalue weighted by Crippen LogP contribution is -2.16. The smallest absolute Gasteiger partial charge is 0.234 e. The van der Waals surface area contributed by atoms with E-state index in [1.807, 2.05) is 12.1 Å². The van der Waals surface area contributed by atoms with Gasteiger partial charge in [-0.05, 0) is 149 Å². The van der Waals surface area contributed by atoms with Crippen LogP contribution in [0.4, 0.5) is 5.69 Å². The van der Waals surface area contributed by atoms with Crippen molar-refractivity contribution < 1.29 is 4.79 Å². The fourth-order valence-corrected chi connectivity index (χ4v) is 10.3. The Hall–Kier alpha value is -6.70. The van der Waals surface area contributed by atoms with Crippen molar-refractivity contribution in [2.24, 2.45) is 0 Å². The van der Waals surface area contributed by atoms with Gasteiger partial charge in [0.05, 0.1) is 28.5 Å². The van der Waals surface area contributed by atoms with Gasteiger partial charge in [-0.25, -0.2) is 9.97 Å². The minimum atomic E-state index is -0.161. The number of hydrogen-bond donors (Lipinski definition) is 4. The molecule has 1 amide bonds. The summed E-state index contributed by atoms with van der Waals surface area (Å²) in [5.74, 6) is -0.0661. The van der Waals surface area contributed by atoms with E-state index >= 15 is 0 Å². The average molecular weight is 1040 g/mol. The predicted octanol–water partition coefficient (Wildman–Crippen LogP) is 19.0. The average Bonchev–Trinajstić information content (AvgIpc) is 4.19. The van der Waals surface area contributed by atoms with Gasteiger partial charge in [0.25, 0.3) is 0 Å². The number of fused-ring (bicyclic) bond motifs is 8. The number of hydrogen-bond acceptors (Lipinski definition) is 4. The Morgan fingerprint density at radius 3 is 0.857 bits per heavy atom. The Morgan fingerprint density at radius 1 is 0.377 bits per heavy atom. The van der Waals surface area contributed by atoms with Crippen molar-refractivity contribution in [2.45, 2.75) is 157 Å². The predicted molar refractivity (Wildman–Crippen MR) is 335 cm³/mol. The van der Waals surface area contributed by atoms with Gasteiger partial charge in [0.1, 0.15) is 0 Å². The maximum atomic E-state index is 12.5. The molecule has 7 aromatic rings. The molecule has 0 aliphatic carbocycles. The van der Waals surface area contributed by atoms with E-state index in [1.165, 1.54) is 33.4 Å². The summed E-state index contributed by atoms with van der Waals surface area (Å²) in [6.45, 7) is 41.4. The van der Waals surface area contributed by atoms with Crippen LogP contribution < -0.4 is 5.32 Å². The van der Waals surface area contributed by atoms with Crippen LogP contribution in [0.15, 0.2) is 103 Å². The van der Waals surface area contributed by atoms with Crippen molar-refractivity contribution >= 4 is 70.6 Å². The number of amides is 1. The van der Waals surface area contributed by atoms with Crippen LogP contribution >= 0.6 is 12.6 Å². The molecule has 9 rings (SSSR count). The molecule has 2 aliphatic rings. The number of anilines is 1. The highest BCUT2D eigenvalue weighted by molar-refractivity contribution is 7.81. The zero-order valence-corrected chi connectivity index (χ0v) is 50.0. The highest BCUT2D eigenvalue weighted by Gasteiger charge is 2.28. The summed E-state index contributed by atoms with van der Waals surface area (Å²) >= 11 is 4.22. The second kappa shape index (κ2) is 19.6. The van der Waals surface area contributed by atoms with Crippen molar-refractivity contribution in [3.63, 3.8) is 0 Å². The van der Waals surface area contributed by atoms with E-state index in [0.717, 1.165) is 89.4 Å². The minimum Gasteiger partial charge on any atom is -0.354 e. The number of H-pyrrole nitrogens is 2. The van der Waals surface area contributed by atoms with Crippen molar-refractivity contribution in [3.8, 4) is 44.5 Å². The Bertz CT molecular complexity index is 3530. The minimum absolute atomic E-state index is 0.0952. The van der Waals surface area contributed by atoms with Crippen LogP contribution in [-0.4, -0.2) is 31.6 Å². The zero-order chi connectivity index (χ0) is 55.9. The largest absolute Gasteiger partial charge is 0.354 e. The Balaban J connectivity index is 1.51. The first-order valence-corrected chi connectivity index (χ1v) is 28.1. The van der Waals surface area contributed by atoms with Gasteiger partial charge in [-0.1, -0.05) is 191 Å². The van der Waals surface area contributed by atoms with E-state index in [1.54, 1.807) is 0 Å². The van der Waals surface area contributed by atoms with Crippen LogP contribution in [0.2, 0.25) is 0 Å². The maximum absolute atomic E-state index is 12.5. The molecule has 0 atom stereocenters. The van der Waals surface area contributed by atoms with Crippen LogP contribution in [0.1, 0.15) is 181 Å². The van der Waals surface area contributed by atoms with Crippen molar-refractivity contribution in [1.82, 2.24) is 19.9 Å². The zero-order valence-electron chi connectivity index (χ0n) is 49.1. The molecule has 8 bridgehead atoms. The second-order valence-corrected chi connectivity index (χ2v) is 28.0. The number of benzene rings is 4. The summed E-state index contributed by atoms with van der Waals surface area (Å²) in [7, 11) is 0. The van der Waals surface area contributed by atoms with E-state index in [4.69, 9.17) is 9.97 Å². The maximum Gasteiger partial charge on any atom is 0.234 e. The van der Waals surface area contributed by atoms with Gasteiger partial charge in [0.15, 0.2) is 0 Å². The molecule has 5 heterocycles. The van der Waals surface area contributed by atoms with Crippen LogP contribution in [0.5, 0.6) is 0 Å². The van der Waals surface area contributed by atoms with Gasteiger partial charge in [-0.15, -0.1) is 0 Å². The molecule has 0 radical (unpaired) electrons. The number of carbonyl (C=O) groups is 1. The number of thiol groups is 1. The van der Waals surface area contributed by atoms with E-state index < -0.39 is 0 Å². The molecule has 3 N–H and O–H groups in total. The molecule has 2 aliphatic heterocycles. The third kappa shape index (κ3) is 11.5. The molecule has 7 heteroatoms. The first kappa shape index (κ1) is 55.1. The fraction of sp³-hybridized carbons (Fsp3) is 0.357. The number of aromatic nitrogens is 4. The third-order valence-corrected chi connectivity index (χ3v) is 15.5. The highest BCUT2D eigenvalue weighted by atomic mass is 32.1. The Kier molecular flexibility index (Phi) is 14.0. The molecule has 398 valence electrons. The lowest BCUT2D eigenvalue weighted by Gasteiger charge is -2.26. The lowest BCUT2D eigenvalue weighted by atomic mass is 9.78. The number of aromatic amines is 2. The quantitative estimate of drug-likeness (QED) is 0.125. The summed E-state index contributed by atoms with van der Waals surface area (Å²) in [6, 6.07) is 38.3. The number of carbonyl (C=O) groups excluding carboxylic acids is 1. The summed E-state index contributed by atoms with van der Waals surface area (Å²) in [6.07, 6.45) is 8.76. The summed E-state index contributed by atoms with van der Waals surface area (Å²) in [5.41, 5.74) is 23.1. The first-order valence-electron chi connectivity index (χ1n) is 27.4. The molecule has 77 heavy (non-hydrogen) atoms. The van der Waals surface area contributed by atoms with Gasteiger partial charge >= 0.3 is 0 Å². The topological polar surface area (TPSA) is 86.5 Å². The third-order valence-electron chi connectivity index (χ3n) is 15.2. The van der Waals surface area contributed by atoms with E-state index in [-0.39, 0.29) is 44.1 Å². The van der Waals surface area contributed by atoms with Gasteiger partial charge in [-0.2, -0.15) is 12.6 Å². The number of nitrogens with one attached hydrogen (secondary N) is 3. The Morgan fingerprint density at radius 2 is 0.623 bits per heavy atom. The SMILES string of the molecule is CC(C)(C)c1cc(-c2c3nc(c(-c4cc(C(C)(C)C)cc(C(C)(C)C)c4)c4ccc([nH]4)c(-c4cc(C(C)(C)C)cc(C(C)(C)C)c4)c4nc(c(-c5ccc(NC(=O)CS)cc5)c5ccc2[nH]5)C=C4)C=C3)cc(C(C)(C)C)c1. The highest BCUT2D eigenvalue weighted by Crippen LogP contribution is 2.44. The molecule has 0 spiro atoms. The van der Waals surface area contributed by atoms with Crippen LogP contribution in [-0.2, 0) is 37.3 Å². The molecule has 0 saturated carbocycles. The summed E-state index contributed by atoms with van der Waals surface area (Å²) < 4.78 is 0. The van der Waals surface area contributed by atoms with Crippen LogP contribution in [0.25, 0.3) is 90.9 Å². The molecule has 3 aromatic heterocycles. The van der Waals surface area contributed by atoms with Crippen molar-refractivity contribution in [3.05, 3.63) is 159 Å². The lowest BCUT2D eigenvalue weighted by molar-refractivity contribution is -0.113. The normalized spacial score (nSPS) is 13.4. The fourth-order valence-electron chi connectivity index (χ4n) is 10.3. The molecular formula is C70H81N5OS. The molecule has 0 fully saturated rings. The first-order chi connectivity index (χ1) is 35.8. The van der Waals surface area contributed by atoms with Crippen molar-refractivity contribution in [2.75, 3.05) is 11.1 Å². The van der Waals surface area contributed by atoms with Crippen LogP contribution in [0, 0.1) is 0 Å². The second-order valence-electron chi connectivity index (χ2n) is 27.7. The van der Waals surface area contributed by atoms with E-state index in [0.29, 0.717) is 5.69 Å². The number of rotatable bonds is 6. The molecule has 6 nitrogen and oxygen atoms in total. The van der Waals surface area contributed by atoms with Crippen molar-refractivity contribution in [1.29, 1.82) is 0 Å². The van der Waals surface area contributed by atoms with E-state index in [9.17, 15) is 4.79 Å².